The zero-order valence-corrected chi connectivity index (χ0v) is 15.5. The highest BCUT2D eigenvalue weighted by molar-refractivity contribution is 7.85. The Morgan fingerprint density at radius 3 is 2.18 bits per heavy atom. The van der Waals surface area contributed by atoms with Crippen molar-refractivity contribution < 1.29 is 29.6 Å². The third-order valence-corrected chi connectivity index (χ3v) is 4.32. The first kappa shape index (κ1) is 19.6. The first-order chi connectivity index (χ1) is 12.9. The van der Waals surface area contributed by atoms with Crippen molar-refractivity contribution in [2.24, 2.45) is 10.3 Å². The van der Waals surface area contributed by atoms with Gasteiger partial charge in [0, 0.05) is 6.07 Å². The second-order valence-electron chi connectivity index (χ2n) is 5.54. The summed E-state index contributed by atoms with van der Waals surface area (Å²) in [6.07, 6.45) is 1.14. The molecule has 0 aliphatic heterocycles. The molecule has 0 radical (unpaired) electrons. The van der Waals surface area contributed by atoms with E-state index in [1.165, 1.54) is 36.4 Å². The summed E-state index contributed by atoms with van der Waals surface area (Å²) in [4.78, 5) is 12.7. The zero-order chi connectivity index (χ0) is 20.7. The Morgan fingerprint density at radius 1 is 0.893 bits per heavy atom. The molecule has 0 amide bonds. The van der Waals surface area contributed by atoms with Crippen LogP contribution in [0.25, 0.3) is 22.1 Å². The average molecular weight is 427 g/mol. The lowest BCUT2D eigenvalue weighted by molar-refractivity contribution is 0.486. The molecule has 11 nitrogen and oxygen atoms in total. The molecule has 2 aromatic carbocycles. The standard InChI is InChI=1S/C15H13N3O8S2/c16-12-5-8(1-4-13(12)26-28(18,22)23)11-7-24-14-6-9(25-27(17,20)21)2-3-10(14)15(11)19/h1-7H,16H2,(H2,17,20,21)(H2,18,22,23). The summed E-state index contributed by atoms with van der Waals surface area (Å²) in [6.45, 7) is 0. The summed E-state index contributed by atoms with van der Waals surface area (Å²) in [5, 5.41) is 9.73. The average Bonchev–Trinajstić information content (AvgIpc) is 2.54. The van der Waals surface area contributed by atoms with Crippen LogP contribution in [0.4, 0.5) is 5.69 Å². The van der Waals surface area contributed by atoms with Crippen molar-refractivity contribution in [1.29, 1.82) is 0 Å². The third kappa shape index (κ3) is 4.40. The molecule has 0 saturated heterocycles. The van der Waals surface area contributed by atoms with Crippen molar-refractivity contribution >= 4 is 37.3 Å². The van der Waals surface area contributed by atoms with Gasteiger partial charge < -0.3 is 18.5 Å². The molecule has 3 rings (SSSR count). The lowest BCUT2D eigenvalue weighted by Crippen LogP contribution is -2.19. The highest BCUT2D eigenvalue weighted by atomic mass is 32.2. The number of benzene rings is 2. The van der Waals surface area contributed by atoms with Crippen LogP contribution in [0.1, 0.15) is 0 Å². The molecule has 0 aliphatic rings. The van der Waals surface area contributed by atoms with Gasteiger partial charge in [0.15, 0.2) is 11.2 Å². The second-order valence-corrected chi connectivity index (χ2v) is 7.85. The van der Waals surface area contributed by atoms with Crippen molar-refractivity contribution in [3.63, 3.8) is 0 Å². The largest absolute Gasteiger partial charge is 0.463 e. The summed E-state index contributed by atoms with van der Waals surface area (Å²) < 4.78 is 58.4. The molecule has 0 bridgehead atoms. The fourth-order valence-electron chi connectivity index (χ4n) is 2.41. The Bertz CT molecular complexity index is 1350. The number of nitrogen functional groups attached to an aromatic ring is 1. The van der Waals surface area contributed by atoms with E-state index < -0.39 is 26.0 Å². The molecule has 0 atom stereocenters. The van der Waals surface area contributed by atoms with Gasteiger partial charge >= 0.3 is 20.6 Å². The third-order valence-electron chi connectivity index (χ3n) is 3.49. The monoisotopic (exact) mass is 427 g/mol. The summed E-state index contributed by atoms with van der Waals surface area (Å²) in [7, 11) is -8.48. The molecule has 6 N–H and O–H groups in total. The van der Waals surface area contributed by atoms with Gasteiger partial charge in [0.05, 0.1) is 16.6 Å². The summed E-state index contributed by atoms with van der Waals surface area (Å²) in [5.41, 5.74) is 5.76. The minimum atomic E-state index is -4.26. The van der Waals surface area contributed by atoms with Gasteiger partial charge in [-0.3, -0.25) is 4.79 Å². The second kappa shape index (κ2) is 6.79. The first-order valence-corrected chi connectivity index (χ1v) is 10.3. The molecular formula is C15H13N3O8S2. The van der Waals surface area contributed by atoms with Crippen LogP contribution in [0.3, 0.4) is 0 Å². The Balaban J connectivity index is 2.05. The van der Waals surface area contributed by atoms with E-state index in [-0.39, 0.29) is 33.7 Å². The van der Waals surface area contributed by atoms with Crippen LogP contribution in [0.2, 0.25) is 0 Å². The summed E-state index contributed by atoms with van der Waals surface area (Å²) >= 11 is 0. The minimum absolute atomic E-state index is 0.0667. The molecule has 0 fully saturated rings. The van der Waals surface area contributed by atoms with Crippen LogP contribution in [-0.2, 0) is 20.6 Å². The van der Waals surface area contributed by atoms with Crippen LogP contribution in [0, 0.1) is 0 Å². The molecule has 3 aromatic rings. The van der Waals surface area contributed by atoms with E-state index in [0.717, 1.165) is 6.26 Å². The lowest BCUT2D eigenvalue weighted by atomic mass is 10.0. The number of anilines is 1. The van der Waals surface area contributed by atoms with Gasteiger partial charge in [-0.15, -0.1) is 0 Å². The number of hydrogen-bond donors (Lipinski definition) is 3. The molecule has 13 heteroatoms. The van der Waals surface area contributed by atoms with E-state index in [0.29, 0.717) is 5.56 Å². The van der Waals surface area contributed by atoms with E-state index in [9.17, 15) is 21.6 Å². The fourth-order valence-corrected chi connectivity index (χ4v) is 3.18. The van der Waals surface area contributed by atoms with Gasteiger partial charge in [0.2, 0.25) is 0 Å². The molecule has 0 unspecified atom stereocenters. The van der Waals surface area contributed by atoms with Crippen molar-refractivity contribution in [2.75, 3.05) is 5.73 Å². The van der Waals surface area contributed by atoms with Gasteiger partial charge in [-0.05, 0) is 29.8 Å². The Hall–Kier alpha value is -3.13. The molecule has 0 spiro atoms. The highest BCUT2D eigenvalue weighted by Crippen LogP contribution is 2.29. The molecule has 148 valence electrons. The van der Waals surface area contributed by atoms with Crippen molar-refractivity contribution in [3.05, 3.63) is 52.9 Å². The van der Waals surface area contributed by atoms with Gasteiger partial charge in [-0.2, -0.15) is 27.1 Å². The molecule has 0 saturated carbocycles. The molecular weight excluding hydrogens is 414 g/mol. The first-order valence-electron chi connectivity index (χ1n) is 7.33. The van der Waals surface area contributed by atoms with E-state index in [1.54, 1.807) is 0 Å². The van der Waals surface area contributed by atoms with Gasteiger partial charge in [-0.25, -0.2) is 0 Å². The molecule has 0 aliphatic carbocycles. The van der Waals surface area contributed by atoms with Gasteiger partial charge in [0.1, 0.15) is 17.6 Å². The van der Waals surface area contributed by atoms with Crippen LogP contribution >= 0.6 is 0 Å². The maximum absolute atomic E-state index is 12.7. The summed E-state index contributed by atoms with van der Waals surface area (Å²) in [6, 6.07) is 7.70. The lowest BCUT2D eigenvalue weighted by Gasteiger charge is -2.09. The molecule has 28 heavy (non-hydrogen) atoms. The maximum Gasteiger partial charge on any atom is 0.380 e. The Kier molecular flexibility index (Phi) is 4.76. The normalized spacial score (nSPS) is 12.1. The van der Waals surface area contributed by atoms with E-state index in [4.69, 9.17) is 20.4 Å². The smallest absolute Gasteiger partial charge is 0.380 e. The molecule has 1 aromatic heterocycles. The minimum Gasteiger partial charge on any atom is -0.463 e. The SMILES string of the molecule is Nc1cc(-c2coc3cc(OS(N)(=O)=O)ccc3c2=O)ccc1OS(N)(=O)=O. The van der Waals surface area contributed by atoms with E-state index >= 15 is 0 Å². The maximum atomic E-state index is 12.7. The van der Waals surface area contributed by atoms with Crippen molar-refractivity contribution in [2.45, 2.75) is 0 Å². The summed E-state index contributed by atoms with van der Waals surface area (Å²) in [5.74, 6) is -0.319. The number of rotatable bonds is 5. The van der Waals surface area contributed by atoms with Crippen molar-refractivity contribution in [1.82, 2.24) is 0 Å². The van der Waals surface area contributed by atoms with E-state index in [1.807, 2.05) is 0 Å². The van der Waals surface area contributed by atoms with Crippen LogP contribution < -0.4 is 29.8 Å². The highest BCUT2D eigenvalue weighted by Gasteiger charge is 2.14. The van der Waals surface area contributed by atoms with E-state index in [2.05, 4.69) is 8.37 Å². The zero-order valence-electron chi connectivity index (χ0n) is 13.9. The Labute approximate surface area is 158 Å². The quantitative estimate of drug-likeness (QED) is 0.477. The van der Waals surface area contributed by atoms with Crippen LogP contribution in [0.15, 0.2) is 51.9 Å². The van der Waals surface area contributed by atoms with Crippen LogP contribution in [0.5, 0.6) is 11.5 Å². The fraction of sp³-hybridized carbons (Fsp3) is 0. The Morgan fingerprint density at radius 2 is 1.57 bits per heavy atom. The molecule has 1 heterocycles. The predicted molar refractivity (Wildman–Crippen MR) is 99.8 cm³/mol. The number of fused-ring (bicyclic) bond motifs is 1. The number of nitrogens with two attached hydrogens (primary N) is 3. The number of hydrogen-bond acceptors (Lipinski definition) is 9. The van der Waals surface area contributed by atoms with Gasteiger partial charge in [-0.1, -0.05) is 6.07 Å². The van der Waals surface area contributed by atoms with Crippen LogP contribution in [-0.4, -0.2) is 16.8 Å². The van der Waals surface area contributed by atoms with Gasteiger partial charge in [0.25, 0.3) is 0 Å². The topological polar surface area (TPSA) is 195 Å². The predicted octanol–water partition coefficient (Wildman–Crippen LogP) is 0.207. The van der Waals surface area contributed by atoms with Crippen molar-refractivity contribution in [3.8, 4) is 22.6 Å².